The van der Waals surface area contributed by atoms with Crippen molar-refractivity contribution in [3.63, 3.8) is 0 Å². The number of rotatable bonds is 1. The third-order valence-corrected chi connectivity index (χ3v) is 2.64. The standard InChI is InChI=1S/C13H10N3O.H2N.Pr/c1-9-7-12-11(13(17)15-9)8-14-16(12)10-5-3-2-4-6-10;;/h2-7H,1H3,(H,15,17);1H2;/q2*-1;. The Labute approximate surface area is 143 Å². The number of fused-ring (bicyclic) bond motifs is 1. The number of nitrogens with one attached hydrogen (secondary N) is 1. The van der Waals surface area contributed by atoms with Crippen molar-refractivity contribution in [3.05, 3.63) is 64.8 Å². The Morgan fingerprint density at radius 3 is 2.63 bits per heavy atom. The van der Waals surface area contributed by atoms with Crippen LogP contribution in [0.25, 0.3) is 22.7 Å². The molecule has 0 spiro atoms. The van der Waals surface area contributed by atoms with Gasteiger partial charge in [-0.25, -0.2) is 0 Å². The van der Waals surface area contributed by atoms with E-state index in [-0.39, 0.29) is 53.0 Å². The number of aryl methyl sites for hydroxylation is 1. The molecular weight excluding hydrogens is 369 g/mol. The van der Waals surface area contributed by atoms with Gasteiger partial charge >= 0.3 is 0 Å². The number of hydrogen-bond donors (Lipinski definition) is 1. The molecule has 0 fully saturated rings. The van der Waals surface area contributed by atoms with E-state index in [1.807, 2.05) is 43.3 Å². The fourth-order valence-electron chi connectivity index (χ4n) is 1.87. The van der Waals surface area contributed by atoms with Crippen molar-refractivity contribution in [2.24, 2.45) is 0 Å². The molecule has 0 aliphatic carbocycles. The van der Waals surface area contributed by atoms with Crippen molar-refractivity contribution < 1.29 is 41.3 Å². The Kier molecular flexibility index (Phi) is 5.41. The topological polar surface area (TPSA) is 84.2 Å². The van der Waals surface area contributed by atoms with Gasteiger partial charge in [0.2, 0.25) is 0 Å². The van der Waals surface area contributed by atoms with E-state index in [0.717, 1.165) is 16.9 Å². The molecule has 0 saturated carbocycles. The summed E-state index contributed by atoms with van der Waals surface area (Å²) in [6, 6.07) is 11.6. The first-order chi connectivity index (χ1) is 8.25. The summed E-state index contributed by atoms with van der Waals surface area (Å²) < 4.78 is 1.72. The first-order valence-corrected chi connectivity index (χ1v) is 5.31. The molecule has 0 aliphatic rings. The molecule has 0 saturated heterocycles. The second kappa shape index (κ2) is 6.41. The quantitative estimate of drug-likeness (QED) is 0.657. The molecule has 5 nitrogen and oxygen atoms in total. The third kappa shape index (κ3) is 2.94. The zero-order valence-electron chi connectivity index (χ0n) is 10.4. The van der Waals surface area contributed by atoms with Crippen LogP contribution in [0.3, 0.4) is 0 Å². The van der Waals surface area contributed by atoms with Crippen molar-refractivity contribution in [2.75, 3.05) is 0 Å². The van der Waals surface area contributed by atoms with E-state index in [9.17, 15) is 4.79 Å². The smallest absolute Gasteiger partial charge is 0.143 e. The second-order valence-corrected chi connectivity index (χ2v) is 3.90. The maximum absolute atomic E-state index is 11.7. The zero-order valence-corrected chi connectivity index (χ0v) is 14.1. The van der Waals surface area contributed by atoms with Gasteiger partial charge in [0, 0.05) is 41.3 Å². The minimum absolute atomic E-state index is 0. The fraction of sp³-hybridized carbons (Fsp3) is 0.0769. The molecule has 2 aromatic heterocycles. The molecule has 0 atom stereocenters. The molecule has 3 N–H and O–H groups in total. The van der Waals surface area contributed by atoms with Crippen LogP contribution in [0.15, 0.2) is 41.2 Å². The molecule has 1 aromatic carbocycles. The molecule has 0 aliphatic heterocycles. The predicted molar refractivity (Wildman–Crippen MR) is 70.5 cm³/mol. The van der Waals surface area contributed by atoms with E-state index < -0.39 is 0 Å². The zero-order chi connectivity index (χ0) is 11.8. The molecule has 0 amide bonds. The molecule has 1 radical (unpaired) electrons. The summed E-state index contributed by atoms with van der Waals surface area (Å²) in [5, 5.41) is 4.62. The molecule has 19 heavy (non-hydrogen) atoms. The largest absolute Gasteiger partial charge is 0.693 e. The van der Waals surface area contributed by atoms with Crippen LogP contribution >= 0.6 is 0 Å². The van der Waals surface area contributed by atoms with Gasteiger partial charge < -0.3 is 15.9 Å². The van der Waals surface area contributed by atoms with E-state index >= 15 is 0 Å². The van der Waals surface area contributed by atoms with Crippen LogP contribution in [0.2, 0.25) is 0 Å². The molecule has 3 rings (SSSR count). The summed E-state index contributed by atoms with van der Waals surface area (Å²) in [7, 11) is 0. The van der Waals surface area contributed by atoms with Gasteiger partial charge in [0.1, 0.15) is 5.56 Å². The van der Waals surface area contributed by atoms with Gasteiger partial charge in [-0.2, -0.15) is 0 Å². The summed E-state index contributed by atoms with van der Waals surface area (Å²) in [6.07, 6.45) is 2.75. The molecule has 0 unspecified atom stereocenters. The van der Waals surface area contributed by atoms with Crippen LogP contribution in [0.1, 0.15) is 5.69 Å². The average Bonchev–Trinajstić information content (AvgIpc) is 2.74. The van der Waals surface area contributed by atoms with E-state index in [0.29, 0.717) is 5.39 Å². The Hall–Kier alpha value is -1.04. The first-order valence-electron chi connectivity index (χ1n) is 5.31. The van der Waals surface area contributed by atoms with Gasteiger partial charge in [-0.1, -0.05) is 29.7 Å². The van der Waals surface area contributed by atoms with Crippen LogP contribution in [0, 0.1) is 54.4 Å². The van der Waals surface area contributed by atoms with E-state index in [1.54, 1.807) is 4.68 Å². The SMILES string of the molecule is Cc1cc2c([c-]nn2-c2ccccc2)c(=O)[nH]1.[NH2-].[Pr]. The third-order valence-electron chi connectivity index (χ3n) is 2.64. The van der Waals surface area contributed by atoms with E-state index in [2.05, 4.69) is 16.3 Å². The van der Waals surface area contributed by atoms with E-state index in [4.69, 9.17) is 0 Å². The minimum atomic E-state index is -0.151. The number of para-hydroxylation sites is 1. The minimum Gasteiger partial charge on any atom is -0.693 e. The maximum atomic E-state index is 11.7. The van der Waals surface area contributed by atoms with Crippen LogP contribution in [-0.2, 0) is 0 Å². The number of aromatic amines is 1. The summed E-state index contributed by atoms with van der Waals surface area (Å²) in [6.45, 7) is 1.85. The molecule has 95 valence electrons. The van der Waals surface area contributed by atoms with Gasteiger partial charge in [-0.3, -0.25) is 9.78 Å². The number of nitrogens with two attached hydrogens (primary N) is 1. The number of hydrogen-bond acceptors (Lipinski definition) is 2. The molecule has 3 aromatic rings. The summed E-state index contributed by atoms with van der Waals surface area (Å²) in [5.74, 6) is 0. The van der Waals surface area contributed by atoms with Gasteiger partial charge in [-0.05, 0) is 36.5 Å². The van der Waals surface area contributed by atoms with Gasteiger partial charge in [0.05, 0.1) is 5.69 Å². The molecule has 6 heteroatoms. The molecule has 2 heterocycles. The van der Waals surface area contributed by atoms with Crippen molar-refractivity contribution in [3.8, 4) is 5.69 Å². The van der Waals surface area contributed by atoms with Crippen LogP contribution in [-0.4, -0.2) is 14.8 Å². The van der Waals surface area contributed by atoms with Crippen molar-refractivity contribution in [1.82, 2.24) is 14.8 Å². The van der Waals surface area contributed by atoms with Crippen LogP contribution in [0.4, 0.5) is 0 Å². The van der Waals surface area contributed by atoms with Crippen LogP contribution < -0.4 is 5.56 Å². The monoisotopic (exact) mass is 381 g/mol. The second-order valence-electron chi connectivity index (χ2n) is 3.90. The summed E-state index contributed by atoms with van der Waals surface area (Å²) in [4.78, 5) is 14.4. The number of aromatic nitrogens is 3. The van der Waals surface area contributed by atoms with Crippen LogP contribution in [0.5, 0.6) is 0 Å². The van der Waals surface area contributed by atoms with Crippen molar-refractivity contribution in [1.29, 1.82) is 0 Å². The van der Waals surface area contributed by atoms with E-state index in [1.165, 1.54) is 0 Å². The van der Waals surface area contributed by atoms with Crippen molar-refractivity contribution in [2.45, 2.75) is 6.92 Å². The number of H-pyrrole nitrogens is 1. The average molecular weight is 381 g/mol. The summed E-state index contributed by atoms with van der Waals surface area (Å²) in [5.41, 5.74) is 2.36. The Morgan fingerprint density at radius 2 is 1.95 bits per heavy atom. The Balaban J connectivity index is 0.000000902. The fourth-order valence-corrected chi connectivity index (χ4v) is 1.87. The van der Waals surface area contributed by atoms with Gasteiger partial charge in [-0.15, -0.1) is 0 Å². The number of nitrogens with zero attached hydrogens (tertiary/aromatic N) is 2. The number of benzene rings is 1. The molecular formula is C13H12N4OPr-2. The van der Waals surface area contributed by atoms with Crippen molar-refractivity contribution >= 4 is 10.9 Å². The first kappa shape index (κ1) is 16.0. The maximum Gasteiger partial charge on any atom is 0.143 e. The Bertz CT molecular complexity index is 733. The normalized spacial score (nSPS) is 9.74. The van der Waals surface area contributed by atoms with Gasteiger partial charge in [0.15, 0.2) is 0 Å². The predicted octanol–water partition coefficient (Wildman–Crippen LogP) is 2.54. The molecule has 0 bridgehead atoms. The van der Waals surface area contributed by atoms with Gasteiger partial charge in [0.25, 0.3) is 0 Å². The Morgan fingerprint density at radius 1 is 1.26 bits per heavy atom. The number of pyridine rings is 1. The summed E-state index contributed by atoms with van der Waals surface area (Å²) >= 11 is 0.